The number of esters is 1. The lowest BCUT2D eigenvalue weighted by Gasteiger charge is -2.14. The molecule has 26 heavy (non-hydrogen) atoms. The standard InChI is InChI=1S/C17H14ClF3N2O3/c1-26-16(25)10-6-7-12(18)14(8-10)23-15(24)9-22-13-5-3-2-4-11(13)17(19,20)21/h2-8,22H,9H2,1H3,(H,23,24). The molecular formula is C17H14ClF3N2O3. The van der Waals surface area contributed by atoms with Crippen molar-refractivity contribution in [3.63, 3.8) is 0 Å². The number of halogens is 4. The molecule has 9 heteroatoms. The Labute approximate surface area is 152 Å². The maximum atomic E-state index is 12.9. The van der Waals surface area contributed by atoms with Crippen molar-refractivity contribution in [1.29, 1.82) is 0 Å². The second kappa shape index (κ2) is 8.09. The molecule has 0 aliphatic rings. The second-order valence-corrected chi connectivity index (χ2v) is 5.54. The fourth-order valence-corrected chi connectivity index (χ4v) is 2.29. The molecule has 0 aliphatic heterocycles. The lowest BCUT2D eigenvalue weighted by molar-refractivity contribution is -0.137. The number of alkyl halides is 3. The molecule has 0 heterocycles. The first-order valence-electron chi connectivity index (χ1n) is 7.30. The van der Waals surface area contributed by atoms with Crippen molar-refractivity contribution in [3.05, 3.63) is 58.6 Å². The summed E-state index contributed by atoms with van der Waals surface area (Å²) in [5.74, 6) is -1.25. The topological polar surface area (TPSA) is 67.4 Å². The van der Waals surface area contributed by atoms with Gasteiger partial charge in [0.05, 0.1) is 35.5 Å². The average molecular weight is 387 g/mol. The molecule has 0 radical (unpaired) electrons. The molecule has 0 unspecified atom stereocenters. The highest BCUT2D eigenvalue weighted by Gasteiger charge is 2.33. The monoisotopic (exact) mass is 386 g/mol. The number of amides is 1. The smallest absolute Gasteiger partial charge is 0.418 e. The number of ether oxygens (including phenoxy) is 1. The van der Waals surface area contributed by atoms with Crippen LogP contribution in [-0.2, 0) is 15.7 Å². The molecule has 0 bridgehead atoms. The molecule has 138 valence electrons. The Kier molecular flexibility index (Phi) is 6.10. The summed E-state index contributed by atoms with van der Waals surface area (Å²) in [6.07, 6.45) is -4.54. The zero-order valence-electron chi connectivity index (χ0n) is 13.5. The third-order valence-electron chi connectivity index (χ3n) is 3.33. The van der Waals surface area contributed by atoms with E-state index in [9.17, 15) is 22.8 Å². The van der Waals surface area contributed by atoms with Crippen LogP contribution < -0.4 is 10.6 Å². The van der Waals surface area contributed by atoms with Crippen LogP contribution in [0.4, 0.5) is 24.5 Å². The normalized spacial score (nSPS) is 11.0. The van der Waals surface area contributed by atoms with E-state index in [4.69, 9.17) is 11.6 Å². The summed E-state index contributed by atoms with van der Waals surface area (Å²) >= 11 is 5.95. The van der Waals surface area contributed by atoms with E-state index in [1.807, 2.05) is 0 Å². The maximum Gasteiger partial charge on any atom is 0.418 e. The van der Waals surface area contributed by atoms with Gasteiger partial charge in [-0.1, -0.05) is 23.7 Å². The number of methoxy groups -OCH3 is 1. The maximum absolute atomic E-state index is 12.9. The largest absolute Gasteiger partial charge is 0.465 e. The first kappa shape index (κ1) is 19.6. The number of hydrogen-bond donors (Lipinski definition) is 2. The Hall–Kier alpha value is -2.74. The molecule has 5 nitrogen and oxygen atoms in total. The molecule has 0 aliphatic carbocycles. The van der Waals surface area contributed by atoms with Crippen molar-refractivity contribution >= 4 is 34.9 Å². The molecule has 1 amide bonds. The number of rotatable bonds is 5. The number of carbonyl (C=O) groups excluding carboxylic acids is 2. The SMILES string of the molecule is COC(=O)c1ccc(Cl)c(NC(=O)CNc2ccccc2C(F)(F)F)c1. The van der Waals surface area contributed by atoms with Crippen LogP contribution in [0, 0.1) is 0 Å². The number of anilines is 2. The molecule has 0 spiro atoms. The van der Waals surface area contributed by atoms with Crippen molar-refractivity contribution in [2.75, 3.05) is 24.3 Å². The summed E-state index contributed by atoms with van der Waals surface area (Å²) in [5.41, 5.74) is -0.781. The minimum absolute atomic E-state index is 0.144. The highest BCUT2D eigenvalue weighted by molar-refractivity contribution is 6.33. The van der Waals surface area contributed by atoms with E-state index >= 15 is 0 Å². The number of nitrogens with one attached hydrogen (secondary N) is 2. The zero-order valence-corrected chi connectivity index (χ0v) is 14.2. The molecule has 2 rings (SSSR count). The van der Waals surface area contributed by atoms with Gasteiger partial charge in [0.1, 0.15) is 0 Å². The number of hydrogen-bond acceptors (Lipinski definition) is 4. The van der Waals surface area contributed by atoms with Gasteiger partial charge in [0.25, 0.3) is 0 Å². The predicted octanol–water partition coefficient (Wildman–Crippen LogP) is 4.20. The van der Waals surface area contributed by atoms with Gasteiger partial charge in [-0.05, 0) is 30.3 Å². The Morgan fingerprint density at radius 2 is 1.81 bits per heavy atom. The van der Waals surface area contributed by atoms with Crippen molar-refractivity contribution in [3.8, 4) is 0 Å². The fourth-order valence-electron chi connectivity index (χ4n) is 2.12. The van der Waals surface area contributed by atoms with Crippen LogP contribution in [0.5, 0.6) is 0 Å². The lowest BCUT2D eigenvalue weighted by Crippen LogP contribution is -2.23. The molecule has 2 aromatic rings. The van der Waals surface area contributed by atoms with Gasteiger partial charge < -0.3 is 15.4 Å². The van der Waals surface area contributed by atoms with E-state index in [2.05, 4.69) is 15.4 Å². The molecule has 0 saturated heterocycles. The van der Waals surface area contributed by atoms with Crippen molar-refractivity contribution in [2.24, 2.45) is 0 Å². The van der Waals surface area contributed by atoms with Crippen molar-refractivity contribution < 1.29 is 27.5 Å². The molecular weight excluding hydrogens is 373 g/mol. The second-order valence-electron chi connectivity index (χ2n) is 5.13. The highest BCUT2D eigenvalue weighted by atomic mass is 35.5. The predicted molar refractivity (Wildman–Crippen MR) is 91.4 cm³/mol. The van der Waals surface area contributed by atoms with Gasteiger partial charge in [-0.3, -0.25) is 4.79 Å². The molecule has 0 saturated carbocycles. The van der Waals surface area contributed by atoms with Crippen molar-refractivity contribution in [1.82, 2.24) is 0 Å². The van der Waals surface area contributed by atoms with E-state index in [0.29, 0.717) is 0 Å². The molecule has 0 fully saturated rings. The van der Waals surface area contributed by atoms with Crippen LogP contribution in [0.25, 0.3) is 0 Å². The van der Waals surface area contributed by atoms with Crippen molar-refractivity contribution in [2.45, 2.75) is 6.18 Å². The minimum atomic E-state index is -4.54. The summed E-state index contributed by atoms with van der Waals surface area (Å²) in [6.45, 7) is -0.425. The summed E-state index contributed by atoms with van der Waals surface area (Å²) in [5, 5.41) is 5.04. The third-order valence-corrected chi connectivity index (χ3v) is 3.66. The molecule has 2 aromatic carbocycles. The van der Waals surface area contributed by atoms with Gasteiger partial charge in [-0.25, -0.2) is 4.79 Å². The third kappa shape index (κ3) is 4.89. The van der Waals surface area contributed by atoms with Gasteiger partial charge in [-0.15, -0.1) is 0 Å². The van der Waals surface area contributed by atoms with Crippen LogP contribution in [0.1, 0.15) is 15.9 Å². The summed E-state index contributed by atoms with van der Waals surface area (Å²) < 4.78 is 43.3. The zero-order chi connectivity index (χ0) is 19.3. The lowest BCUT2D eigenvalue weighted by atomic mass is 10.1. The molecule has 0 atom stereocenters. The Morgan fingerprint density at radius 1 is 1.12 bits per heavy atom. The highest BCUT2D eigenvalue weighted by Crippen LogP contribution is 2.34. The van der Waals surface area contributed by atoms with Gasteiger partial charge in [0, 0.05) is 5.69 Å². The molecule has 2 N–H and O–H groups in total. The van der Waals surface area contributed by atoms with E-state index in [-0.39, 0.29) is 22.0 Å². The van der Waals surface area contributed by atoms with Crippen LogP contribution in [0.3, 0.4) is 0 Å². The quantitative estimate of drug-likeness (QED) is 0.756. The number of carbonyl (C=O) groups is 2. The van der Waals surface area contributed by atoms with Crippen LogP contribution >= 0.6 is 11.6 Å². The van der Waals surface area contributed by atoms with Crippen LogP contribution in [0.2, 0.25) is 5.02 Å². The van der Waals surface area contributed by atoms with Crippen LogP contribution in [0.15, 0.2) is 42.5 Å². The van der Waals surface area contributed by atoms with E-state index in [1.54, 1.807) is 0 Å². The van der Waals surface area contributed by atoms with E-state index < -0.39 is 30.2 Å². The average Bonchev–Trinajstić information content (AvgIpc) is 2.60. The Morgan fingerprint density at radius 3 is 2.46 bits per heavy atom. The fraction of sp³-hybridized carbons (Fsp3) is 0.176. The summed E-state index contributed by atoms with van der Waals surface area (Å²) in [4.78, 5) is 23.5. The van der Waals surface area contributed by atoms with Gasteiger partial charge in [0.2, 0.25) is 5.91 Å². The van der Waals surface area contributed by atoms with E-state index in [1.165, 1.54) is 43.5 Å². The Bertz CT molecular complexity index is 825. The Balaban J connectivity index is 2.08. The first-order chi connectivity index (χ1) is 12.2. The number of para-hydroxylation sites is 1. The van der Waals surface area contributed by atoms with E-state index in [0.717, 1.165) is 6.07 Å². The van der Waals surface area contributed by atoms with Crippen LogP contribution in [-0.4, -0.2) is 25.5 Å². The minimum Gasteiger partial charge on any atom is -0.465 e. The molecule has 0 aromatic heterocycles. The van der Waals surface area contributed by atoms with Gasteiger partial charge in [-0.2, -0.15) is 13.2 Å². The first-order valence-corrected chi connectivity index (χ1v) is 7.68. The summed E-state index contributed by atoms with van der Waals surface area (Å²) in [6, 6.07) is 8.95. The van der Waals surface area contributed by atoms with Gasteiger partial charge >= 0.3 is 12.1 Å². The number of benzene rings is 2. The van der Waals surface area contributed by atoms with Gasteiger partial charge in [0.15, 0.2) is 0 Å². The summed E-state index contributed by atoms with van der Waals surface area (Å²) in [7, 11) is 1.21.